The fraction of sp³-hybridized carbons (Fsp3) is 0.100. The number of benzene rings is 1. The molecule has 0 atom stereocenters. The van der Waals surface area contributed by atoms with Crippen molar-refractivity contribution >= 4 is 34.4 Å². The van der Waals surface area contributed by atoms with E-state index in [1.54, 1.807) is 12.1 Å². The number of hydrogen-bond donors (Lipinski definition) is 2. The highest BCUT2D eigenvalue weighted by atomic mass is 127. The molecule has 1 aromatic carbocycles. The van der Waals surface area contributed by atoms with Gasteiger partial charge in [0.1, 0.15) is 0 Å². The first kappa shape index (κ1) is 10.9. The van der Waals surface area contributed by atoms with Gasteiger partial charge in [0, 0.05) is 34.7 Å². The normalized spacial score (nSPS) is 8.64. The molecular formula is C10H8INO2. The minimum absolute atomic E-state index is 0.573. The van der Waals surface area contributed by atoms with Crippen LogP contribution in [0.2, 0.25) is 0 Å². The number of hydrogen-bond acceptors (Lipinski definition) is 1. The van der Waals surface area contributed by atoms with E-state index in [4.69, 9.17) is 5.11 Å². The van der Waals surface area contributed by atoms with Crippen molar-refractivity contribution in [3.63, 3.8) is 0 Å². The standard InChI is InChI=1S/C10H8INO2/c11-7-1-2-8-3-5-9(6-4-8)12-10(13)14/h3-6,12H,2H2,(H,13,14). The molecule has 0 bridgehead atoms. The van der Waals surface area contributed by atoms with Gasteiger partial charge in [-0.2, -0.15) is 0 Å². The monoisotopic (exact) mass is 301 g/mol. The summed E-state index contributed by atoms with van der Waals surface area (Å²) in [6.07, 6.45) is -0.360. The maximum absolute atomic E-state index is 10.3. The van der Waals surface area contributed by atoms with Crippen molar-refractivity contribution in [3.05, 3.63) is 29.8 Å². The first-order chi connectivity index (χ1) is 6.72. The van der Waals surface area contributed by atoms with Crippen molar-refractivity contribution in [2.24, 2.45) is 0 Å². The van der Waals surface area contributed by atoms with E-state index in [1.165, 1.54) is 0 Å². The molecule has 72 valence electrons. The molecule has 0 aliphatic carbocycles. The lowest BCUT2D eigenvalue weighted by Crippen LogP contribution is -2.06. The van der Waals surface area contributed by atoms with Crippen LogP contribution in [0.4, 0.5) is 10.5 Å². The SMILES string of the molecule is O=C(O)Nc1ccc(CC#CI)cc1. The second-order valence-electron chi connectivity index (χ2n) is 2.58. The predicted octanol–water partition coefficient (Wildman–Crippen LogP) is 2.71. The Hall–Kier alpha value is -1.22. The largest absolute Gasteiger partial charge is 0.465 e. The van der Waals surface area contributed by atoms with E-state index in [9.17, 15) is 4.79 Å². The maximum Gasteiger partial charge on any atom is 0.409 e. The Balaban J connectivity index is 2.66. The van der Waals surface area contributed by atoms with Gasteiger partial charge in [-0.25, -0.2) is 4.79 Å². The summed E-state index contributed by atoms with van der Waals surface area (Å²) in [6, 6.07) is 7.15. The molecule has 0 heterocycles. The van der Waals surface area contributed by atoms with Gasteiger partial charge in [0.15, 0.2) is 0 Å². The van der Waals surface area contributed by atoms with Crippen LogP contribution in [0.3, 0.4) is 0 Å². The van der Waals surface area contributed by atoms with Gasteiger partial charge in [0.05, 0.1) is 0 Å². The lowest BCUT2D eigenvalue weighted by molar-refractivity contribution is 0.210. The van der Waals surface area contributed by atoms with Crippen LogP contribution in [0, 0.1) is 9.85 Å². The van der Waals surface area contributed by atoms with Crippen molar-refractivity contribution < 1.29 is 9.90 Å². The summed E-state index contributed by atoms with van der Waals surface area (Å²) >= 11 is 1.99. The molecule has 1 rings (SSSR count). The Morgan fingerprint density at radius 1 is 1.43 bits per heavy atom. The number of halogens is 1. The molecule has 2 N–H and O–H groups in total. The van der Waals surface area contributed by atoms with E-state index < -0.39 is 6.09 Å². The number of rotatable bonds is 2. The van der Waals surface area contributed by atoms with Crippen LogP contribution in [0.25, 0.3) is 0 Å². The summed E-state index contributed by atoms with van der Waals surface area (Å²) in [5, 5.41) is 10.7. The molecule has 1 amide bonds. The zero-order valence-corrected chi connectivity index (χ0v) is 9.41. The Bertz CT molecular complexity index is 375. The molecule has 3 nitrogen and oxygen atoms in total. The lowest BCUT2D eigenvalue weighted by atomic mass is 10.1. The Labute approximate surface area is 95.7 Å². The fourth-order valence-corrected chi connectivity index (χ4v) is 1.16. The van der Waals surface area contributed by atoms with E-state index in [0.717, 1.165) is 5.56 Å². The summed E-state index contributed by atoms with van der Waals surface area (Å²) < 4.78 is 2.77. The van der Waals surface area contributed by atoms with E-state index in [1.807, 2.05) is 34.7 Å². The molecule has 4 heteroatoms. The zero-order valence-electron chi connectivity index (χ0n) is 7.25. The van der Waals surface area contributed by atoms with Gasteiger partial charge in [-0.3, -0.25) is 5.32 Å². The van der Waals surface area contributed by atoms with Crippen LogP contribution in [0.15, 0.2) is 24.3 Å². The van der Waals surface area contributed by atoms with Gasteiger partial charge >= 0.3 is 6.09 Å². The van der Waals surface area contributed by atoms with Crippen LogP contribution in [0.5, 0.6) is 0 Å². The zero-order chi connectivity index (χ0) is 10.4. The van der Waals surface area contributed by atoms with Crippen molar-refractivity contribution in [1.29, 1.82) is 0 Å². The molecule has 0 spiro atoms. The van der Waals surface area contributed by atoms with E-state index in [2.05, 4.69) is 15.2 Å². The van der Waals surface area contributed by atoms with Gasteiger partial charge in [0.25, 0.3) is 0 Å². The average Bonchev–Trinajstić information content (AvgIpc) is 2.16. The minimum Gasteiger partial charge on any atom is -0.465 e. The minimum atomic E-state index is -1.05. The maximum atomic E-state index is 10.3. The first-order valence-electron chi connectivity index (χ1n) is 3.90. The van der Waals surface area contributed by atoms with Crippen molar-refractivity contribution in [3.8, 4) is 9.85 Å². The Morgan fingerprint density at radius 3 is 2.57 bits per heavy atom. The van der Waals surface area contributed by atoms with Gasteiger partial charge in [-0.1, -0.05) is 18.1 Å². The molecule has 0 saturated carbocycles. The Kier molecular flexibility index (Phi) is 4.26. The number of anilines is 1. The van der Waals surface area contributed by atoms with Gasteiger partial charge in [0.2, 0.25) is 0 Å². The first-order valence-corrected chi connectivity index (χ1v) is 4.97. The highest BCUT2D eigenvalue weighted by Crippen LogP contribution is 2.09. The van der Waals surface area contributed by atoms with Crippen molar-refractivity contribution in [1.82, 2.24) is 0 Å². The Morgan fingerprint density at radius 2 is 2.07 bits per heavy atom. The van der Waals surface area contributed by atoms with Crippen LogP contribution < -0.4 is 5.32 Å². The molecule has 0 fully saturated rings. The van der Waals surface area contributed by atoms with Gasteiger partial charge < -0.3 is 5.11 Å². The van der Waals surface area contributed by atoms with Gasteiger partial charge in [-0.05, 0) is 21.6 Å². The predicted molar refractivity (Wildman–Crippen MR) is 63.6 cm³/mol. The summed E-state index contributed by atoms with van der Waals surface area (Å²) in [6.45, 7) is 0. The number of amides is 1. The highest BCUT2D eigenvalue weighted by Gasteiger charge is 1.96. The quantitative estimate of drug-likeness (QED) is 0.652. The third-order valence-electron chi connectivity index (χ3n) is 1.56. The fourth-order valence-electron chi connectivity index (χ4n) is 0.965. The lowest BCUT2D eigenvalue weighted by Gasteiger charge is -2.00. The highest BCUT2D eigenvalue weighted by molar-refractivity contribution is 14.1. The molecule has 0 saturated heterocycles. The molecule has 0 aromatic heterocycles. The average molecular weight is 301 g/mol. The van der Waals surface area contributed by atoms with E-state index in [-0.39, 0.29) is 0 Å². The molecule has 14 heavy (non-hydrogen) atoms. The molecule has 0 radical (unpaired) electrons. The van der Waals surface area contributed by atoms with Crippen molar-refractivity contribution in [2.75, 3.05) is 5.32 Å². The summed E-state index contributed by atoms with van der Waals surface area (Å²) in [5.74, 6) is 2.92. The second-order valence-corrected chi connectivity index (χ2v) is 3.11. The van der Waals surface area contributed by atoms with Crippen LogP contribution in [0.1, 0.15) is 5.56 Å². The second kappa shape index (κ2) is 5.50. The third kappa shape index (κ3) is 3.66. The smallest absolute Gasteiger partial charge is 0.409 e. The van der Waals surface area contributed by atoms with Gasteiger partial charge in [-0.15, -0.1) is 0 Å². The van der Waals surface area contributed by atoms with Crippen LogP contribution in [-0.4, -0.2) is 11.2 Å². The third-order valence-corrected chi connectivity index (χ3v) is 1.95. The molecule has 0 aliphatic heterocycles. The summed E-state index contributed by atoms with van der Waals surface area (Å²) in [4.78, 5) is 10.3. The summed E-state index contributed by atoms with van der Waals surface area (Å²) in [5.41, 5.74) is 1.65. The van der Waals surface area contributed by atoms with Crippen LogP contribution >= 0.6 is 22.6 Å². The molecule has 1 aromatic rings. The summed E-state index contributed by atoms with van der Waals surface area (Å²) in [7, 11) is 0. The molecule has 0 aliphatic rings. The molecule has 0 unspecified atom stereocenters. The van der Waals surface area contributed by atoms with E-state index >= 15 is 0 Å². The van der Waals surface area contributed by atoms with E-state index in [0.29, 0.717) is 12.1 Å². The van der Waals surface area contributed by atoms with Crippen molar-refractivity contribution in [2.45, 2.75) is 6.42 Å². The number of carbonyl (C=O) groups is 1. The topological polar surface area (TPSA) is 49.3 Å². The number of nitrogens with one attached hydrogen (secondary N) is 1. The number of carboxylic acid groups (broad SMARTS) is 1. The van der Waals surface area contributed by atoms with Crippen LogP contribution in [-0.2, 0) is 6.42 Å². The molecular weight excluding hydrogens is 293 g/mol.